The molecule has 3 aromatic rings. The summed E-state index contributed by atoms with van der Waals surface area (Å²) < 4.78 is 28.8. The second-order valence-corrected chi connectivity index (χ2v) is 6.85. The van der Waals surface area contributed by atoms with Gasteiger partial charge < -0.3 is 0 Å². The molecule has 0 aliphatic heterocycles. The van der Waals surface area contributed by atoms with E-state index >= 15 is 0 Å². The van der Waals surface area contributed by atoms with Gasteiger partial charge in [0.1, 0.15) is 11.2 Å². The molecule has 0 aliphatic carbocycles. The lowest BCUT2D eigenvalue weighted by Gasteiger charge is -2.11. The van der Waals surface area contributed by atoms with Crippen molar-refractivity contribution in [2.24, 2.45) is 0 Å². The minimum absolute atomic E-state index is 0.0314. The first-order valence-corrected chi connectivity index (χ1v) is 8.45. The molecule has 0 saturated heterocycles. The maximum absolute atomic E-state index is 12.4. The zero-order valence-corrected chi connectivity index (χ0v) is 13.6. The van der Waals surface area contributed by atoms with Gasteiger partial charge in [0.25, 0.3) is 10.0 Å². The van der Waals surface area contributed by atoms with Gasteiger partial charge in [0.05, 0.1) is 10.7 Å². The molecule has 1 heterocycles. The Balaban J connectivity index is 1.92. The van der Waals surface area contributed by atoms with E-state index < -0.39 is 10.0 Å². The molecule has 0 aliphatic rings. The van der Waals surface area contributed by atoms with E-state index in [1.165, 1.54) is 23.1 Å². The fourth-order valence-corrected chi connectivity index (χ4v) is 3.69. The van der Waals surface area contributed by atoms with Gasteiger partial charge in [0, 0.05) is 5.69 Å². The Morgan fingerprint density at radius 3 is 2.61 bits per heavy atom. The van der Waals surface area contributed by atoms with Crippen molar-refractivity contribution in [1.29, 1.82) is 0 Å². The molecule has 7 nitrogen and oxygen atoms in total. The lowest BCUT2D eigenvalue weighted by molar-refractivity contribution is 0.601. The lowest BCUT2D eigenvalue weighted by Crippen LogP contribution is -2.13. The third-order valence-corrected chi connectivity index (χ3v) is 5.05. The van der Waals surface area contributed by atoms with Gasteiger partial charge in [-0.05, 0) is 53.2 Å². The topological polar surface area (TPSA) is 89.8 Å². The zero-order valence-electron chi connectivity index (χ0n) is 12.0. The number of aromatic nitrogens is 4. The second kappa shape index (κ2) is 5.98. The van der Waals surface area contributed by atoms with Crippen molar-refractivity contribution in [2.75, 3.05) is 4.72 Å². The molecule has 1 aromatic heterocycles. The predicted molar refractivity (Wildman–Crippen MR) is 86.2 cm³/mol. The summed E-state index contributed by atoms with van der Waals surface area (Å²) in [6.45, 7) is 1.84. The molecule has 23 heavy (non-hydrogen) atoms. The minimum Gasteiger partial charge on any atom is -0.280 e. The van der Waals surface area contributed by atoms with Crippen LogP contribution in [-0.2, 0) is 10.0 Å². The molecule has 9 heteroatoms. The van der Waals surface area contributed by atoms with Crippen molar-refractivity contribution in [3.8, 4) is 5.69 Å². The van der Waals surface area contributed by atoms with Gasteiger partial charge in [-0.2, -0.15) is 0 Å². The van der Waals surface area contributed by atoms with E-state index in [2.05, 4.69) is 20.2 Å². The molecule has 118 valence electrons. The summed E-state index contributed by atoms with van der Waals surface area (Å²) in [6, 6.07) is 11.3. The molecule has 0 amide bonds. The van der Waals surface area contributed by atoms with Crippen molar-refractivity contribution < 1.29 is 8.42 Å². The van der Waals surface area contributed by atoms with Crippen LogP contribution in [0, 0.1) is 6.92 Å². The highest BCUT2D eigenvalue weighted by atomic mass is 35.5. The fourth-order valence-electron chi connectivity index (χ4n) is 2.12. The maximum atomic E-state index is 12.4. The van der Waals surface area contributed by atoms with Crippen molar-refractivity contribution in [2.45, 2.75) is 11.8 Å². The van der Waals surface area contributed by atoms with Crippen molar-refractivity contribution in [3.05, 3.63) is 59.4 Å². The summed E-state index contributed by atoms with van der Waals surface area (Å²) >= 11 is 5.95. The molecule has 0 radical (unpaired) electrons. The van der Waals surface area contributed by atoms with Crippen molar-refractivity contribution in [1.82, 2.24) is 20.2 Å². The average Bonchev–Trinajstić information content (AvgIpc) is 3.01. The summed E-state index contributed by atoms with van der Waals surface area (Å²) in [5.74, 6) is 0. The molecular weight excluding hydrogens is 338 g/mol. The van der Waals surface area contributed by atoms with Crippen LogP contribution in [0.1, 0.15) is 5.56 Å². The fraction of sp³-hybridized carbons (Fsp3) is 0.0714. The molecule has 0 atom stereocenters. The minimum atomic E-state index is -3.76. The molecule has 1 N–H and O–H groups in total. The number of rotatable bonds is 4. The highest BCUT2D eigenvalue weighted by Gasteiger charge is 2.17. The van der Waals surface area contributed by atoms with Gasteiger partial charge in [0.2, 0.25) is 0 Å². The number of anilines is 1. The summed E-state index contributed by atoms with van der Waals surface area (Å²) in [4.78, 5) is 0.0314. The second-order valence-electron chi connectivity index (χ2n) is 4.79. The van der Waals surface area contributed by atoms with Crippen LogP contribution in [0.15, 0.2) is 53.7 Å². The van der Waals surface area contributed by atoms with Gasteiger partial charge >= 0.3 is 0 Å². The van der Waals surface area contributed by atoms with Gasteiger partial charge in [-0.15, -0.1) is 5.10 Å². The largest absolute Gasteiger partial charge is 0.280 e. The molecule has 0 bridgehead atoms. The SMILES string of the molecule is Cc1cc(NS(=O)(=O)c2ccccc2Cl)ccc1-n1cnnn1. The number of hydrogen-bond acceptors (Lipinski definition) is 5. The van der Waals surface area contributed by atoms with E-state index in [0.717, 1.165) is 11.3 Å². The molecule has 2 aromatic carbocycles. The normalized spacial score (nSPS) is 11.4. The lowest BCUT2D eigenvalue weighted by atomic mass is 10.2. The third kappa shape index (κ3) is 3.17. The molecule has 0 fully saturated rings. The van der Waals surface area contributed by atoms with Gasteiger partial charge in [-0.1, -0.05) is 23.7 Å². The number of hydrogen-bond donors (Lipinski definition) is 1. The predicted octanol–water partition coefficient (Wildman–Crippen LogP) is 2.42. The first kappa shape index (κ1) is 15.4. The van der Waals surface area contributed by atoms with E-state index in [0.29, 0.717) is 5.69 Å². The van der Waals surface area contributed by atoms with E-state index in [-0.39, 0.29) is 9.92 Å². The first-order valence-electron chi connectivity index (χ1n) is 6.59. The summed E-state index contributed by atoms with van der Waals surface area (Å²) in [6.07, 6.45) is 1.47. The molecular formula is C14H12ClN5O2S. The summed E-state index contributed by atoms with van der Waals surface area (Å²) in [7, 11) is -3.76. The summed E-state index contributed by atoms with van der Waals surface area (Å²) in [5.41, 5.74) is 2.01. The van der Waals surface area contributed by atoms with Crippen LogP contribution in [0.2, 0.25) is 5.02 Å². The number of benzene rings is 2. The Labute approximate surface area is 138 Å². The van der Waals surface area contributed by atoms with Crippen LogP contribution < -0.4 is 4.72 Å². The van der Waals surface area contributed by atoms with E-state index in [1.54, 1.807) is 30.3 Å². The standard InChI is InChI=1S/C14H12ClN5O2S/c1-10-8-11(6-7-13(10)20-9-16-18-19-20)17-23(21,22)14-5-3-2-4-12(14)15/h2-9,17H,1H3. The highest BCUT2D eigenvalue weighted by Crippen LogP contribution is 2.25. The smallest absolute Gasteiger partial charge is 0.263 e. The van der Waals surface area contributed by atoms with Gasteiger partial charge in [-0.3, -0.25) is 4.72 Å². The van der Waals surface area contributed by atoms with Gasteiger partial charge in [0.15, 0.2) is 0 Å². The number of nitrogens with one attached hydrogen (secondary N) is 1. The van der Waals surface area contributed by atoms with Crippen LogP contribution in [0.4, 0.5) is 5.69 Å². The summed E-state index contributed by atoms with van der Waals surface area (Å²) in [5, 5.41) is 11.1. The molecule has 0 unspecified atom stereocenters. The quantitative estimate of drug-likeness (QED) is 0.781. The maximum Gasteiger partial charge on any atom is 0.263 e. The average molecular weight is 350 g/mol. The third-order valence-electron chi connectivity index (χ3n) is 3.17. The number of nitrogens with zero attached hydrogens (tertiary/aromatic N) is 4. The van der Waals surface area contributed by atoms with E-state index in [9.17, 15) is 8.42 Å². The van der Waals surface area contributed by atoms with E-state index in [4.69, 9.17) is 11.6 Å². The van der Waals surface area contributed by atoms with Crippen LogP contribution in [0.5, 0.6) is 0 Å². The van der Waals surface area contributed by atoms with Crippen LogP contribution in [0.3, 0.4) is 0 Å². The molecule has 0 saturated carbocycles. The number of halogens is 1. The Morgan fingerprint density at radius 2 is 1.96 bits per heavy atom. The molecule has 3 rings (SSSR count). The Morgan fingerprint density at radius 1 is 1.17 bits per heavy atom. The number of aryl methyl sites for hydroxylation is 1. The zero-order chi connectivity index (χ0) is 16.4. The molecule has 0 spiro atoms. The first-order chi connectivity index (χ1) is 11.0. The van der Waals surface area contributed by atoms with Crippen LogP contribution >= 0.6 is 11.6 Å². The van der Waals surface area contributed by atoms with Crippen molar-refractivity contribution in [3.63, 3.8) is 0 Å². The monoisotopic (exact) mass is 349 g/mol. The van der Waals surface area contributed by atoms with E-state index in [1.807, 2.05) is 6.92 Å². The number of sulfonamides is 1. The number of tetrazole rings is 1. The van der Waals surface area contributed by atoms with Crippen LogP contribution in [0.25, 0.3) is 5.69 Å². The highest BCUT2D eigenvalue weighted by molar-refractivity contribution is 7.92. The Kier molecular flexibility index (Phi) is 4.01. The Bertz CT molecular complexity index is 942. The Hall–Kier alpha value is -2.45. The van der Waals surface area contributed by atoms with Gasteiger partial charge in [-0.25, -0.2) is 13.1 Å². The van der Waals surface area contributed by atoms with Crippen molar-refractivity contribution >= 4 is 27.3 Å². The van der Waals surface area contributed by atoms with Crippen LogP contribution in [-0.4, -0.2) is 28.6 Å².